The molecule has 0 saturated heterocycles. The molecule has 1 atom stereocenters. The molecule has 0 N–H and O–H groups in total. The Hall–Kier alpha value is -0.500. The number of halogens is 1. The first-order valence-corrected chi connectivity index (χ1v) is 4.72. The fraction of sp³-hybridized carbons (Fsp3) is 0.333. The van der Waals surface area contributed by atoms with Crippen molar-refractivity contribution in [3.8, 4) is 5.75 Å². The Morgan fingerprint density at radius 3 is 2.55 bits per heavy atom. The molecule has 60 valence electrons. The summed E-state index contributed by atoms with van der Waals surface area (Å²) in [5, 5.41) is 0.863. The molecular formula is C9H11BrO. The van der Waals surface area contributed by atoms with Gasteiger partial charge in [0.25, 0.3) is 0 Å². The van der Waals surface area contributed by atoms with Gasteiger partial charge in [-0.15, -0.1) is 0 Å². The number of ether oxygens (including phenoxy) is 1. The average Bonchev–Trinajstić information content (AvgIpc) is 2.06. The van der Waals surface area contributed by atoms with Crippen LogP contribution in [0, 0.1) is 0 Å². The molecule has 1 nitrogen and oxygen atoms in total. The summed E-state index contributed by atoms with van der Waals surface area (Å²) in [7, 11) is 0. The van der Waals surface area contributed by atoms with Crippen LogP contribution in [0.25, 0.3) is 0 Å². The predicted molar refractivity (Wildman–Crippen MR) is 50.3 cm³/mol. The van der Waals surface area contributed by atoms with E-state index in [1.165, 1.54) is 0 Å². The fourth-order valence-corrected chi connectivity index (χ4v) is 0.895. The molecule has 11 heavy (non-hydrogen) atoms. The molecule has 0 aliphatic rings. The second-order valence-electron chi connectivity index (χ2n) is 2.40. The molecular weight excluding hydrogens is 204 g/mol. The van der Waals surface area contributed by atoms with Crippen LogP contribution in [-0.4, -0.2) is 11.4 Å². The lowest BCUT2D eigenvalue weighted by molar-refractivity contribution is 0.248. The van der Waals surface area contributed by atoms with Gasteiger partial charge >= 0.3 is 0 Å². The highest BCUT2D eigenvalue weighted by Crippen LogP contribution is 2.11. The van der Waals surface area contributed by atoms with E-state index in [1.807, 2.05) is 37.3 Å². The van der Waals surface area contributed by atoms with E-state index in [2.05, 4.69) is 15.9 Å². The lowest BCUT2D eigenvalue weighted by Crippen LogP contribution is -2.12. The van der Waals surface area contributed by atoms with Crippen molar-refractivity contribution in [2.45, 2.75) is 13.0 Å². The van der Waals surface area contributed by atoms with Crippen molar-refractivity contribution in [3.63, 3.8) is 0 Å². The third kappa shape index (κ3) is 2.93. The Labute approximate surface area is 75.5 Å². The highest BCUT2D eigenvalue weighted by atomic mass is 79.9. The van der Waals surface area contributed by atoms with Crippen molar-refractivity contribution in [2.24, 2.45) is 0 Å². The van der Waals surface area contributed by atoms with Crippen molar-refractivity contribution in [1.29, 1.82) is 0 Å². The molecule has 1 aromatic carbocycles. The molecule has 1 rings (SSSR count). The van der Waals surface area contributed by atoms with Crippen molar-refractivity contribution < 1.29 is 4.74 Å². The lowest BCUT2D eigenvalue weighted by atomic mass is 10.3. The summed E-state index contributed by atoms with van der Waals surface area (Å²) in [5.41, 5.74) is 0. The largest absolute Gasteiger partial charge is 0.490 e. The highest BCUT2D eigenvalue weighted by Gasteiger charge is 1.99. The van der Waals surface area contributed by atoms with E-state index in [-0.39, 0.29) is 6.10 Å². The summed E-state index contributed by atoms with van der Waals surface area (Å²) in [6.07, 6.45) is 0.234. The minimum atomic E-state index is 0.234. The van der Waals surface area contributed by atoms with Gasteiger partial charge in [-0.2, -0.15) is 0 Å². The molecule has 0 spiro atoms. The Morgan fingerprint density at radius 1 is 1.36 bits per heavy atom. The fourth-order valence-electron chi connectivity index (χ4n) is 0.763. The molecule has 0 aromatic heterocycles. The second kappa shape index (κ2) is 4.39. The first-order valence-electron chi connectivity index (χ1n) is 3.60. The molecule has 0 amide bonds. The van der Waals surface area contributed by atoms with Crippen LogP contribution >= 0.6 is 15.9 Å². The molecule has 0 aliphatic carbocycles. The van der Waals surface area contributed by atoms with Gasteiger partial charge in [-0.05, 0) is 19.1 Å². The number of alkyl halides is 1. The van der Waals surface area contributed by atoms with Gasteiger partial charge in [0.15, 0.2) is 0 Å². The summed E-state index contributed by atoms with van der Waals surface area (Å²) in [5.74, 6) is 0.930. The number of benzene rings is 1. The Morgan fingerprint density at radius 2 is 2.00 bits per heavy atom. The second-order valence-corrected chi connectivity index (χ2v) is 3.04. The van der Waals surface area contributed by atoms with Crippen LogP contribution in [0.2, 0.25) is 0 Å². The molecule has 0 bridgehead atoms. The maximum atomic E-state index is 5.52. The first-order chi connectivity index (χ1) is 5.33. The van der Waals surface area contributed by atoms with Gasteiger partial charge in [0.05, 0.1) is 0 Å². The van der Waals surface area contributed by atoms with Crippen LogP contribution in [0.15, 0.2) is 30.3 Å². The third-order valence-corrected chi connectivity index (χ3v) is 2.21. The zero-order chi connectivity index (χ0) is 8.10. The Kier molecular flexibility index (Phi) is 3.43. The van der Waals surface area contributed by atoms with Crippen LogP contribution in [-0.2, 0) is 0 Å². The van der Waals surface area contributed by atoms with E-state index in [0.29, 0.717) is 0 Å². The van der Waals surface area contributed by atoms with Gasteiger partial charge in [0.1, 0.15) is 11.9 Å². The van der Waals surface area contributed by atoms with E-state index < -0.39 is 0 Å². The molecule has 2 heteroatoms. The van der Waals surface area contributed by atoms with Gasteiger partial charge in [0.2, 0.25) is 0 Å². The van der Waals surface area contributed by atoms with E-state index in [0.717, 1.165) is 11.1 Å². The Balaban J connectivity index is 2.51. The van der Waals surface area contributed by atoms with Crippen molar-refractivity contribution in [3.05, 3.63) is 30.3 Å². The molecule has 0 fully saturated rings. The number of hydrogen-bond donors (Lipinski definition) is 0. The maximum Gasteiger partial charge on any atom is 0.119 e. The molecule has 1 unspecified atom stereocenters. The van der Waals surface area contributed by atoms with Crippen LogP contribution in [0.1, 0.15) is 6.92 Å². The number of rotatable bonds is 3. The normalized spacial score (nSPS) is 12.5. The molecule has 0 saturated carbocycles. The zero-order valence-corrected chi connectivity index (χ0v) is 8.04. The predicted octanol–water partition coefficient (Wildman–Crippen LogP) is 2.85. The molecule has 0 aliphatic heterocycles. The van der Waals surface area contributed by atoms with Crippen molar-refractivity contribution in [2.75, 3.05) is 5.33 Å². The van der Waals surface area contributed by atoms with E-state index in [1.54, 1.807) is 0 Å². The van der Waals surface area contributed by atoms with Crippen molar-refractivity contribution >= 4 is 15.9 Å². The van der Waals surface area contributed by atoms with Gasteiger partial charge in [-0.25, -0.2) is 0 Å². The van der Waals surface area contributed by atoms with Crippen LogP contribution in [0.4, 0.5) is 0 Å². The third-order valence-electron chi connectivity index (χ3n) is 1.30. The van der Waals surface area contributed by atoms with Gasteiger partial charge in [-0.1, -0.05) is 34.1 Å². The smallest absolute Gasteiger partial charge is 0.119 e. The highest BCUT2D eigenvalue weighted by molar-refractivity contribution is 9.09. The minimum Gasteiger partial charge on any atom is -0.490 e. The summed E-state index contributed by atoms with van der Waals surface area (Å²) in [4.78, 5) is 0. The molecule has 0 radical (unpaired) electrons. The Bertz CT molecular complexity index is 198. The quantitative estimate of drug-likeness (QED) is 0.704. The van der Waals surface area contributed by atoms with E-state index in [9.17, 15) is 0 Å². The zero-order valence-electron chi connectivity index (χ0n) is 6.46. The van der Waals surface area contributed by atoms with Gasteiger partial charge in [-0.3, -0.25) is 0 Å². The van der Waals surface area contributed by atoms with Crippen molar-refractivity contribution in [1.82, 2.24) is 0 Å². The SMILES string of the molecule is CC(CBr)Oc1ccccc1. The average molecular weight is 215 g/mol. The summed E-state index contributed by atoms with van der Waals surface area (Å²) in [6.45, 7) is 2.03. The van der Waals surface area contributed by atoms with Crippen LogP contribution < -0.4 is 4.74 Å². The van der Waals surface area contributed by atoms with Crippen LogP contribution in [0.3, 0.4) is 0 Å². The van der Waals surface area contributed by atoms with E-state index >= 15 is 0 Å². The number of para-hydroxylation sites is 1. The molecule has 1 aromatic rings. The summed E-state index contributed by atoms with van der Waals surface area (Å²) in [6, 6.07) is 9.83. The summed E-state index contributed by atoms with van der Waals surface area (Å²) < 4.78 is 5.52. The maximum absolute atomic E-state index is 5.52. The van der Waals surface area contributed by atoms with Gasteiger partial charge in [0, 0.05) is 5.33 Å². The van der Waals surface area contributed by atoms with Gasteiger partial charge < -0.3 is 4.74 Å². The lowest BCUT2D eigenvalue weighted by Gasteiger charge is -2.10. The monoisotopic (exact) mass is 214 g/mol. The van der Waals surface area contributed by atoms with E-state index in [4.69, 9.17) is 4.74 Å². The first kappa shape index (κ1) is 8.60. The minimum absolute atomic E-state index is 0.234. The number of hydrogen-bond acceptors (Lipinski definition) is 1. The van der Waals surface area contributed by atoms with Crippen LogP contribution in [0.5, 0.6) is 5.75 Å². The molecule has 0 heterocycles. The summed E-state index contributed by atoms with van der Waals surface area (Å²) >= 11 is 3.35. The standard InChI is InChI=1S/C9H11BrO/c1-8(7-10)11-9-5-3-2-4-6-9/h2-6,8H,7H2,1H3. The topological polar surface area (TPSA) is 9.23 Å².